The number of hydrogen-bond acceptors (Lipinski definition) is 6. The van der Waals surface area contributed by atoms with Crippen molar-refractivity contribution in [2.45, 2.75) is 32.4 Å². The van der Waals surface area contributed by atoms with Crippen LogP contribution in [0.5, 0.6) is 0 Å². The number of amides is 1. The summed E-state index contributed by atoms with van der Waals surface area (Å²) in [4.78, 5) is 22.3. The second-order valence-corrected chi connectivity index (χ2v) is 4.64. The second-order valence-electron chi connectivity index (χ2n) is 4.64. The van der Waals surface area contributed by atoms with Crippen LogP contribution in [0, 0.1) is 0 Å². The summed E-state index contributed by atoms with van der Waals surface area (Å²) in [5.74, 6) is -1.49. The molecule has 9 heteroatoms. The highest BCUT2D eigenvalue weighted by molar-refractivity contribution is 5.81. The number of carbonyl (C=O) groups is 2. The van der Waals surface area contributed by atoms with Crippen molar-refractivity contribution in [3.05, 3.63) is 0 Å². The highest BCUT2D eigenvalue weighted by Gasteiger charge is 2.24. The number of hydrogen-bond donors (Lipinski definition) is 4. The number of amidine groups is 1. The van der Waals surface area contributed by atoms with E-state index >= 15 is 0 Å². The minimum atomic E-state index is -1.29. The van der Waals surface area contributed by atoms with Crippen LogP contribution in [-0.2, 0) is 14.3 Å². The Kier molecular flexibility index (Phi) is 6.62. The molecule has 0 spiro atoms. The number of alkyl carbamates (subject to hydrolysis) is 1. The number of oxime groups is 1. The third-order valence-electron chi connectivity index (χ3n) is 1.65. The molecule has 0 aliphatic carbocycles. The van der Waals surface area contributed by atoms with E-state index in [1.54, 1.807) is 20.8 Å². The second kappa shape index (κ2) is 7.41. The third-order valence-corrected chi connectivity index (χ3v) is 1.65. The number of ether oxygens (including phenoxy) is 2. The van der Waals surface area contributed by atoms with Crippen molar-refractivity contribution >= 4 is 17.9 Å². The van der Waals surface area contributed by atoms with Crippen LogP contribution in [0.1, 0.15) is 20.8 Å². The zero-order valence-corrected chi connectivity index (χ0v) is 11.0. The van der Waals surface area contributed by atoms with Gasteiger partial charge in [-0.1, -0.05) is 5.16 Å². The van der Waals surface area contributed by atoms with E-state index < -0.39 is 23.7 Å². The fourth-order valence-electron chi connectivity index (χ4n) is 0.935. The molecular formula is C10H19N3O6. The number of carboxylic acids is 1. The monoisotopic (exact) mass is 277 g/mol. The smallest absolute Gasteiger partial charge is 0.408 e. The van der Waals surface area contributed by atoms with Crippen molar-refractivity contribution < 1.29 is 29.4 Å². The minimum Gasteiger partial charge on any atom is -0.480 e. The van der Waals surface area contributed by atoms with Crippen LogP contribution >= 0.6 is 0 Å². The van der Waals surface area contributed by atoms with Gasteiger partial charge < -0.3 is 30.8 Å². The molecule has 9 nitrogen and oxygen atoms in total. The lowest BCUT2D eigenvalue weighted by Crippen LogP contribution is -2.46. The van der Waals surface area contributed by atoms with E-state index in [1.807, 2.05) is 0 Å². The maximum absolute atomic E-state index is 11.4. The fourth-order valence-corrected chi connectivity index (χ4v) is 0.935. The first-order valence-electron chi connectivity index (χ1n) is 5.42. The molecule has 0 heterocycles. The third kappa shape index (κ3) is 8.66. The van der Waals surface area contributed by atoms with Crippen LogP contribution in [0.2, 0.25) is 0 Å². The van der Waals surface area contributed by atoms with E-state index in [2.05, 4.69) is 10.5 Å². The number of nitrogens with two attached hydrogens (primary N) is 1. The molecule has 0 bridgehead atoms. The molecule has 0 aromatic carbocycles. The Balaban J connectivity index is 4.27. The first kappa shape index (κ1) is 17.0. The lowest BCUT2D eigenvalue weighted by molar-refractivity contribution is -0.141. The van der Waals surface area contributed by atoms with Crippen LogP contribution in [0.3, 0.4) is 0 Å². The zero-order chi connectivity index (χ0) is 15.1. The summed E-state index contributed by atoms with van der Waals surface area (Å²) in [5.41, 5.74) is 4.40. The molecule has 1 unspecified atom stereocenters. The lowest BCUT2D eigenvalue weighted by atomic mass is 10.2. The maximum atomic E-state index is 11.4. The molecule has 0 fully saturated rings. The summed E-state index contributed by atoms with van der Waals surface area (Å²) < 4.78 is 9.78. The van der Waals surface area contributed by atoms with Gasteiger partial charge in [-0.25, -0.2) is 9.59 Å². The van der Waals surface area contributed by atoms with Gasteiger partial charge in [0.05, 0.1) is 6.61 Å². The maximum Gasteiger partial charge on any atom is 0.408 e. The van der Waals surface area contributed by atoms with E-state index in [0.29, 0.717) is 0 Å². The molecule has 0 aliphatic heterocycles. The number of carbonyl (C=O) groups excluding carboxylic acids is 1. The fraction of sp³-hybridized carbons (Fsp3) is 0.700. The molecule has 0 saturated heterocycles. The number of nitrogens with one attached hydrogen (secondary N) is 1. The van der Waals surface area contributed by atoms with Gasteiger partial charge in [-0.15, -0.1) is 0 Å². The molecule has 1 atom stereocenters. The molecule has 1 amide bonds. The molecule has 19 heavy (non-hydrogen) atoms. The van der Waals surface area contributed by atoms with Crippen LogP contribution in [-0.4, -0.2) is 53.1 Å². The normalized spacial score (nSPS) is 13.7. The summed E-state index contributed by atoms with van der Waals surface area (Å²) in [5, 5.41) is 21.9. The largest absolute Gasteiger partial charge is 0.480 e. The quantitative estimate of drug-likeness (QED) is 0.226. The van der Waals surface area contributed by atoms with Gasteiger partial charge in [0, 0.05) is 0 Å². The molecule has 110 valence electrons. The Hall–Kier alpha value is -2.03. The number of carboxylic acid groups (broad SMARTS) is 1. The molecule has 0 aromatic heterocycles. The predicted octanol–water partition coefficient (Wildman–Crippen LogP) is -0.273. The van der Waals surface area contributed by atoms with Gasteiger partial charge in [0.25, 0.3) is 0 Å². The van der Waals surface area contributed by atoms with Crippen molar-refractivity contribution in [1.29, 1.82) is 0 Å². The number of nitrogens with zero attached hydrogens (tertiary/aromatic N) is 1. The number of aliphatic carboxylic acids is 1. The number of rotatable bonds is 6. The minimum absolute atomic E-state index is 0.207. The SMILES string of the molecule is CC(C)(C)OC(=O)NC(COC/C(N)=N/O)C(=O)O. The molecule has 0 aliphatic rings. The van der Waals surface area contributed by atoms with Crippen molar-refractivity contribution in [2.24, 2.45) is 10.9 Å². The molecule has 0 radical (unpaired) electrons. The summed E-state index contributed by atoms with van der Waals surface area (Å²) >= 11 is 0. The van der Waals surface area contributed by atoms with Crippen molar-refractivity contribution in [1.82, 2.24) is 5.32 Å². The molecule has 0 aromatic rings. The summed E-state index contributed by atoms with van der Waals surface area (Å²) in [6, 6.07) is -1.29. The summed E-state index contributed by atoms with van der Waals surface area (Å²) in [7, 11) is 0. The van der Waals surface area contributed by atoms with Gasteiger partial charge in [0.2, 0.25) is 0 Å². The van der Waals surface area contributed by atoms with Crippen molar-refractivity contribution in [2.75, 3.05) is 13.2 Å². The highest BCUT2D eigenvalue weighted by atomic mass is 16.6. The van der Waals surface area contributed by atoms with Gasteiger partial charge in [-0.3, -0.25) is 0 Å². The average Bonchev–Trinajstić information content (AvgIpc) is 2.24. The van der Waals surface area contributed by atoms with E-state index in [-0.39, 0.29) is 19.0 Å². The van der Waals surface area contributed by atoms with E-state index in [4.69, 9.17) is 25.5 Å². The Morgan fingerprint density at radius 1 is 1.42 bits per heavy atom. The first-order valence-corrected chi connectivity index (χ1v) is 5.42. The van der Waals surface area contributed by atoms with Gasteiger partial charge >= 0.3 is 12.1 Å². The van der Waals surface area contributed by atoms with Gasteiger partial charge in [-0.2, -0.15) is 0 Å². The molecule has 0 rings (SSSR count). The van der Waals surface area contributed by atoms with E-state index in [0.717, 1.165) is 0 Å². The van der Waals surface area contributed by atoms with Gasteiger partial charge in [0.1, 0.15) is 12.2 Å². The van der Waals surface area contributed by atoms with E-state index in [1.165, 1.54) is 0 Å². The lowest BCUT2D eigenvalue weighted by Gasteiger charge is -2.21. The Labute approximate surface area is 110 Å². The Bertz CT molecular complexity index is 350. The highest BCUT2D eigenvalue weighted by Crippen LogP contribution is 2.06. The van der Waals surface area contributed by atoms with Crippen LogP contribution in [0.4, 0.5) is 4.79 Å². The molecule has 5 N–H and O–H groups in total. The topological polar surface area (TPSA) is 143 Å². The van der Waals surface area contributed by atoms with Crippen molar-refractivity contribution in [3.8, 4) is 0 Å². The van der Waals surface area contributed by atoms with Crippen LogP contribution in [0.15, 0.2) is 5.16 Å². The van der Waals surface area contributed by atoms with Crippen LogP contribution < -0.4 is 11.1 Å². The van der Waals surface area contributed by atoms with Gasteiger partial charge in [-0.05, 0) is 20.8 Å². The van der Waals surface area contributed by atoms with Gasteiger partial charge in [0.15, 0.2) is 11.9 Å². The van der Waals surface area contributed by atoms with E-state index in [9.17, 15) is 9.59 Å². The Morgan fingerprint density at radius 3 is 2.42 bits per heavy atom. The zero-order valence-electron chi connectivity index (χ0n) is 11.0. The van der Waals surface area contributed by atoms with Crippen molar-refractivity contribution in [3.63, 3.8) is 0 Å². The van der Waals surface area contributed by atoms with Crippen LogP contribution in [0.25, 0.3) is 0 Å². The summed E-state index contributed by atoms with van der Waals surface area (Å²) in [6.45, 7) is 4.35. The standard InChI is InChI=1S/C10H19N3O6/c1-10(2,3)19-9(16)12-6(8(14)15)4-18-5-7(11)13-17/h6,17H,4-5H2,1-3H3,(H2,11,13)(H,12,16)(H,14,15). The summed E-state index contributed by atoms with van der Waals surface area (Å²) in [6.07, 6.45) is -0.868. The first-order chi connectivity index (χ1) is 8.65. The Morgan fingerprint density at radius 2 is 2.00 bits per heavy atom. The average molecular weight is 277 g/mol. The predicted molar refractivity (Wildman–Crippen MR) is 65.0 cm³/mol. The molecular weight excluding hydrogens is 258 g/mol. The molecule has 0 saturated carbocycles.